The standard InChI is InChI=1S/C13H9Cl2NOS/c14-8-4-3-5-9(15)12(8)13(17)16-10-6-1-2-7-11(10)18/h1-7,18H,(H,16,17). The van der Waals surface area contributed by atoms with E-state index in [1.54, 1.807) is 30.3 Å². The van der Waals surface area contributed by atoms with Crippen molar-refractivity contribution in [3.63, 3.8) is 0 Å². The van der Waals surface area contributed by atoms with E-state index >= 15 is 0 Å². The molecule has 5 heteroatoms. The molecule has 0 bridgehead atoms. The van der Waals surface area contributed by atoms with Crippen molar-refractivity contribution < 1.29 is 4.79 Å². The highest BCUT2D eigenvalue weighted by Gasteiger charge is 2.15. The van der Waals surface area contributed by atoms with E-state index in [-0.39, 0.29) is 11.5 Å². The van der Waals surface area contributed by atoms with Crippen LogP contribution in [0.4, 0.5) is 5.69 Å². The lowest BCUT2D eigenvalue weighted by atomic mass is 10.2. The molecule has 92 valence electrons. The lowest BCUT2D eigenvalue weighted by Gasteiger charge is -2.09. The number of para-hydroxylation sites is 1. The lowest BCUT2D eigenvalue weighted by molar-refractivity contribution is 0.102. The van der Waals surface area contributed by atoms with Crippen LogP contribution in [0.1, 0.15) is 10.4 Å². The molecule has 0 aliphatic carbocycles. The fourth-order valence-corrected chi connectivity index (χ4v) is 2.26. The second kappa shape index (κ2) is 5.65. The topological polar surface area (TPSA) is 29.1 Å². The van der Waals surface area contributed by atoms with Gasteiger partial charge in [-0.3, -0.25) is 4.79 Å². The van der Waals surface area contributed by atoms with Crippen LogP contribution in [0.15, 0.2) is 47.4 Å². The van der Waals surface area contributed by atoms with Crippen molar-refractivity contribution >= 4 is 47.4 Å². The zero-order chi connectivity index (χ0) is 13.1. The van der Waals surface area contributed by atoms with E-state index < -0.39 is 0 Å². The fourth-order valence-electron chi connectivity index (χ4n) is 1.48. The molecule has 0 saturated carbocycles. The zero-order valence-electron chi connectivity index (χ0n) is 9.15. The van der Waals surface area contributed by atoms with Crippen molar-refractivity contribution in [2.24, 2.45) is 0 Å². The Bertz CT molecular complexity index is 581. The molecule has 0 spiro atoms. The minimum Gasteiger partial charge on any atom is -0.321 e. The molecule has 2 aromatic rings. The Kier molecular flexibility index (Phi) is 4.17. The molecule has 2 aromatic carbocycles. The maximum Gasteiger partial charge on any atom is 0.258 e. The number of rotatable bonds is 2. The number of amides is 1. The number of anilines is 1. The number of carbonyl (C=O) groups excluding carboxylic acids is 1. The van der Waals surface area contributed by atoms with Gasteiger partial charge in [0.15, 0.2) is 0 Å². The van der Waals surface area contributed by atoms with Crippen LogP contribution in [0, 0.1) is 0 Å². The lowest BCUT2D eigenvalue weighted by Crippen LogP contribution is -2.13. The van der Waals surface area contributed by atoms with Gasteiger partial charge in [0, 0.05) is 4.90 Å². The van der Waals surface area contributed by atoms with Crippen LogP contribution < -0.4 is 5.32 Å². The van der Waals surface area contributed by atoms with Crippen LogP contribution in [0.5, 0.6) is 0 Å². The number of halogens is 2. The highest BCUT2D eigenvalue weighted by Crippen LogP contribution is 2.26. The summed E-state index contributed by atoms with van der Waals surface area (Å²) in [6, 6.07) is 12.1. The van der Waals surface area contributed by atoms with E-state index in [4.69, 9.17) is 23.2 Å². The average molecular weight is 298 g/mol. The first-order chi connectivity index (χ1) is 8.59. The van der Waals surface area contributed by atoms with Gasteiger partial charge in [0.05, 0.1) is 21.3 Å². The van der Waals surface area contributed by atoms with Gasteiger partial charge >= 0.3 is 0 Å². The molecule has 0 aliphatic heterocycles. The first-order valence-corrected chi connectivity index (χ1v) is 6.33. The Labute approximate surface area is 120 Å². The largest absolute Gasteiger partial charge is 0.321 e. The van der Waals surface area contributed by atoms with Crippen LogP contribution in [-0.4, -0.2) is 5.91 Å². The summed E-state index contributed by atoms with van der Waals surface area (Å²) in [5, 5.41) is 3.36. The number of hydrogen-bond donors (Lipinski definition) is 2. The van der Waals surface area contributed by atoms with Crippen LogP contribution in [0.25, 0.3) is 0 Å². The van der Waals surface area contributed by atoms with Crippen LogP contribution in [0.3, 0.4) is 0 Å². The first-order valence-electron chi connectivity index (χ1n) is 5.13. The summed E-state index contributed by atoms with van der Waals surface area (Å²) >= 11 is 16.2. The van der Waals surface area contributed by atoms with E-state index in [0.717, 1.165) is 0 Å². The molecule has 0 saturated heterocycles. The van der Waals surface area contributed by atoms with Gasteiger partial charge in [0.2, 0.25) is 0 Å². The summed E-state index contributed by atoms with van der Waals surface area (Å²) in [5.41, 5.74) is 0.874. The highest BCUT2D eigenvalue weighted by molar-refractivity contribution is 7.80. The molecule has 0 heterocycles. The molecule has 1 N–H and O–H groups in total. The molecule has 0 fully saturated rings. The second-order valence-corrected chi connectivity index (χ2v) is 4.86. The third-order valence-electron chi connectivity index (χ3n) is 2.34. The van der Waals surface area contributed by atoms with Crippen molar-refractivity contribution in [3.8, 4) is 0 Å². The van der Waals surface area contributed by atoms with Crippen molar-refractivity contribution in [3.05, 3.63) is 58.1 Å². The Morgan fingerprint density at radius 2 is 1.61 bits per heavy atom. The Morgan fingerprint density at radius 1 is 1.00 bits per heavy atom. The predicted molar refractivity (Wildman–Crippen MR) is 78.1 cm³/mol. The number of nitrogens with one attached hydrogen (secondary N) is 1. The van der Waals surface area contributed by atoms with Gasteiger partial charge in [0.25, 0.3) is 5.91 Å². The molecular weight excluding hydrogens is 289 g/mol. The van der Waals surface area contributed by atoms with Crippen LogP contribution >= 0.6 is 35.8 Å². The van der Waals surface area contributed by atoms with Crippen molar-refractivity contribution in [1.29, 1.82) is 0 Å². The smallest absolute Gasteiger partial charge is 0.258 e. The number of hydrogen-bond acceptors (Lipinski definition) is 2. The molecule has 0 atom stereocenters. The normalized spacial score (nSPS) is 10.2. The quantitative estimate of drug-likeness (QED) is 0.783. The summed E-state index contributed by atoms with van der Waals surface area (Å²) in [6.07, 6.45) is 0. The van der Waals surface area contributed by atoms with Gasteiger partial charge < -0.3 is 5.32 Å². The first kappa shape index (κ1) is 13.3. The van der Waals surface area contributed by atoms with E-state index in [0.29, 0.717) is 20.6 Å². The number of thiol groups is 1. The minimum absolute atomic E-state index is 0.261. The van der Waals surface area contributed by atoms with E-state index in [9.17, 15) is 4.79 Å². The summed E-state index contributed by atoms with van der Waals surface area (Å²) in [6.45, 7) is 0. The van der Waals surface area contributed by atoms with Gasteiger partial charge in [-0.1, -0.05) is 41.4 Å². The number of carbonyl (C=O) groups is 1. The minimum atomic E-state index is -0.355. The van der Waals surface area contributed by atoms with Gasteiger partial charge in [-0.25, -0.2) is 0 Å². The van der Waals surface area contributed by atoms with Crippen molar-refractivity contribution in [2.75, 3.05) is 5.32 Å². The second-order valence-electron chi connectivity index (χ2n) is 3.57. The SMILES string of the molecule is O=C(Nc1ccccc1S)c1c(Cl)cccc1Cl. The molecule has 0 unspecified atom stereocenters. The van der Waals surface area contributed by atoms with E-state index in [1.807, 2.05) is 12.1 Å². The molecule has 0 radical (unpaired) electrons. The monoisotopic (exact) mass is 297 g/mol. The van der Waals surface area contributed by atoms with E-state index in [2.05, 4.69) is 17.9 Å². The third-order valence-corrected chi connectivity index (χ3v) is 3.36. The summed E-state index contributed by atoms with van der Waals surface area (Å²) in [4.78, 5) is 12.8. The average Bonchev–Trinajstić information content (AvgIpc) is 2.32. The Hall–Kier alpha value is -1.16. The fraction of sp³-hybridized carbons (Fsp3) is 0. The molecule has 1 amide bonds. The summed E-state index contributed by atoms with van der Waals surface area (Å²) < 4.78 is 0. The molecule has 18 heavy (non-hydrogen) atoms. The van der Waals surface area contributed by atoms with Gasteiger partial charge in [-0.2, -0.15) is 0 Å². The maximum absolute atomic E-state index is 12.1. The Balaban J connectivity index is 2.31. The van der Waals surface area contributed by atoms with Crippen molar-refractivity contribution in [1.82, 2.24) is 0 Å². The van der Waals surface area contributed by atoms with Crippen LogP contribution in [-0.2, 0) is 0 Å². The van der Waals surface area contributed by atoms with Gasteiger partial charge in [-0.15, -0.1) is 12.6 Å². The summed E-state index contributed by atoms with van der Waals surface area (Å²) in [5.74, 6) is -0.355. The predicted octanol–water partition coefficient (Wildman–Crippen LogP) is 4.53. The molecule has 2 rings (SSSR count). The van der Waals surface area contributed by atoms with Gasteiger partial charge in [0.1, 0.15) is 0 Å². The van der Waals surface area contributed by atoms with Crippen molar-refractivity contribution in [2.45, 2.75) is 4.90 Å². The molecular formula is C13H9Cl2NOS. The molecule has 0 aromatic heterocycles. The van der Waals surface area contributed by atoms with Crippen LogP contribution in [0.2, 0.25) is 10.0 Å². The highest BCUT2D eigenvalue weighted by atomic mass is 35.5. The van der Waals surface area contributed by atoms with E-state index in [1.165, 1.54) is 0 Å². The maximum atomic E-state index is 12.1. The third kappa shape index (κ3) is 2.80. The Morgan fingerprint density at radius 3 is 2.22 bits per heavy atom. The molecule has 2 nitrogen and oxygen atoms in total. The number of benzene rings is 2. The molecule has 0 aliphatic rings. The zero-order valence-corrected chi connectivity index (χ0v) is 11.6. The van der Waals surface area contributed by atoms with Gasteiger partial charge in [-0.05, 0) is 24.3 Å². The summed E-state index contributed by atoms with van der Waals surface area (Å²) in [7, 11) is 0.